The lowest BCUT2D eigenvalue weighted by Crippen LogP contribution is -2.65. The van der Waals surface area contributed by atoms with Crippen molar-refractivity contribution in [3.8, 4) is 5.75 Å². The van der Waals surface area contributed by atoms with Crippen LogP contribution in [-0.2, 0) is 27.1 Å². The lowest BCUT2D eigenvalue weighted by Gasteiger charge is -2.62. The highest BCUT2D eigenvalue weighted by Gasteiger charge is 2.62. The Kier molecular flexibility index (Phi) is 7.87. The Balaban J connectivity index is 1.30. The molecule has 3 atom stereocenters. The summed E-state index contributed by atoms with van der Waals surface area (Å²) in [5.74, 6) is -2.01. The molecule has 45 heavy (non-hydrogen) atoms. The molecule has 0 aromatic heterocycles. The molecule has 0 aliphatic heterocycles. The zero-order valence-electron chi connectivity index (χ0n) is 24.6. The molecule has 4 bridgehead atoms. The number of aliphatic carboxylic acids is 1. The molecule has 0 radical (unpaired) electrons. The standard InChI is InChI=1S/C34H33F4NO6/c1-19(40)16-45-33-14-21-10-22(15-33)13-32(12-21,18-33)29(31(42)43)39-30(41)27-8-4-23-11-25(35)7-9-26(23)28(27)44-17-20-2-5-24(6-3-20)34(36,37)38/h2-9,11,21-22,29H,10,12-18H2,1H3,(H,39,41)(H,42,43). The third kappa shape index (κ3) is 6.14. The summed E-state index contributed by atoms with van der Waals surface area (Å²) >= 11 is 0. The van der Waals surface area contributed by atoms with Gasteiger partial charge in [0.15, 0.2) is 5.78 Å². The molecule has 0 heterocycles. The molecule has 3 aromatic rings. The van der Waals surface area contributed by atoms with Gasteiger partial charge in [0.2, 0.25) is 0 Å². The van der Waals surface area contributed by atoms with Crippen LogP contribution in [0.2, 0.25) is 0 Å². The van der Waals surface area contributed by atoms with Crippen LogP contribution in [0.4, 0.5) is 17.6 Å². The van der Waals surface area contributed by atoms with Crippen molar-refractivity contribution >= 4 is 28.4 Å². The number of carboxylic acid groups (broad SMARTS) is 1. The minimum Gasteiger partial charge on any atom is -0.487 e. The molecule has 7 nitrogen and oxygen atoms in total. The monoisotopic (exact) mass is 627 g/mol. The first-order chi connectivity index (χ1) is 21.3. The predicted molar refractivity (Wildman–Crippen MR) is 155 cm³/mol. The number of rotatable bonds is 10. The van der Waals surface area contributed by atoms with Gasteiger partial charge in [-0.1, -0.05) is 18.2 Å². The van der Waals surface area contributed by atoms with Gasteiger partial charge in [0.25, 0.3) is 5.91 Å². The normalized spacial score (nSPS) is 26.1. The van der Waals surface area contributed by atoms with Crippen molar-refractivity contribution in [3.05, 3.63) is 77.1 Å². The number of Topliss-reactive ketones (excluding diaryl/α,β-unsaturated/α-hetero) is 1. The van der Waals surface area contributed by atoms with Gasteiger partial charge < -0.3 is 19.9 Å². The van der Waals surface area contributed by atoms with E-state index in [1.54, 1.807) is 0 Å². The van der Waals surface area contributed by atoms with Crippen molar-refractivity contribution < 1.29 is 46.5 Å². The van der Waals surface area contributed by atoms with Crippen LogP contribution in [0.5, 0.6) is 5.75 Å². The van der Waals surface area contributed by atoms with E-state index in [9.17, 15) is 37.1 Å². The Bertz CT molecular complexity index is 1640. The van der Waals surface area contributed by atoms with Crippen molar-refractivity contribution in [1.82, 2.24) is 5.32 Å². The van der Waals surface area contributed by atoms with Gasteiger partial charge in [0.05, 0.1) is 16.7 Å². The lowest BCUT2D eigenvalue weighted by molar-refractivity contribution is -0.203. The number of benzene rings is 3. The molecule has 7 rings (SSSR count). The summed E-state index contributed by atoms with van der Waals surface area (Å²) in [5.41, 5.74) is -1.79. The third-order valence-corrected chi connectivity index (χ3v) is 9.61. The molecule has 4 aliphatic carbocycles. The van der Waals surface area contributed by atoms with Crippen molar-refractivity contribution in [1.29, 1.82) is 0 Å². The Labute approximate surface area is 256 Å². The number of ketones is 1. The molecule has 11 heteroatoms. The zero-order valence-corrected chi connectivity index (χ0v) is 24.6. The fourth-order valence-corrected chi connectivity index (χ4v) is 8.25. The number of carbonyl (C=O) groups is 3. The number of amides is 1. The number of carbonyl (C=O) groups excluding carboxylic acids is 2. The number of halogens is 4. The van der Waals surface area contributed by atoms with Crippen LogP contribution in [0.1, 0.15) is 66.9 Å². The quantitative estimate of drug-likeness (QED) is 0.243. The van der Waals surface area contributed by atoms with Crippen LogP contribution in [0, 0.1) is 23.1 Å². The second-order valence-corrected chi connectivity index (χ2v) is 13.0. The number of carboxylic acids is 1. The summed E-state index contributed by atoms with van der Waals surface area (Å²) in [4.78, 5) is 38.5. The van der Waals surface area contributed by atoms with E-state index in [1.807, 2.05) is 0 Å². The fraction of sp³-hybridized carbons (Fsp3) is 0.441. The van der Waals surface area contributed by atoms with Gasteiger partial charge in [-0.15, -0.1) is 0 Å². The summed E-state index contributed by atoms with van der Waals surface area (Å²) in [6.45, 7) is 1.21. The van der Waals surface area contributed by atoms with E-state index < -0.39 is 46.5 Å². The summed E-state index contributed by atoms with van der Waals surface area (Å²) in [5, 5.41) is 14.1. The molecule has 238 valence electrons. The first kappa shape index (κ1) is 31.0. The number of ether oxygens (including phenoxy) is 2. The van der Waals surface area contributed by atoms with Gasteiger partial charge in [-0.2, -0.15) is 13.2 Å². The molecule has 0 spiro atoms. The Morgan fingerprint density at radius 2 is 1.69 bits per heavy atom. The molecule has 3 unspecified atom stereocenters. The molecule has 4 saturated carbocycles. The van der Waals surface area contributed by atoms with E-state index in [1.165, 1.54) is 49.4 Å². The molecular formula is C34H33F4NO6. The smallest absolute Gasteiger partial charge is 0.416 e. The van der Waals surface area contributed by atoms with E-state index in [2.05, 4.69) is 5.32 Å². The van der Waals surface area contributed by atoms with Crippen LogP contribution in [0.25, 0.3) is 10.8 Å². The molecule has 3 aromatic carbocycles. The van der Waals surface area contributed by atoms with E-state index in [4.69, 9.17) is 9.47 Å². The molecule has 0 saturated heterocycles. The van der Waals surface area contributed by atoms with Crippen LogP contribution in [0.15, 0.2) is 54.6 Å². The molecule has 1 amide bonds. The zero-order chi connectivity index (χ0) is 32.1. The lowest BCUT2D eigenvalue weighted by atomic mass is 9.46. The van der Waals surface area contributed by atoms with E-state index >= 15 is 0 Å². The number of alkyl halides is 3. The summed E-state index contributed by atoms with van der Waals surface area (Å²) in [6, 6.07) is 10.0. The maximum absolute atomic E-state index is 14.1. The average molecular weight is 628 g/mol. The topological polar surface area (TPSA) is 102 Å². The first-order valence-electron chi connectivity index (χ1n) is 14.9. The molecular weight excluding hydrogens is 594 g/mol. The predicted octanol–water partition coefficient (Wildman–Crippen LogP) is 6.70. The average Bonchev–Trinajstić information content (AvgIpc) is 2.96. The highest BCUT2D eigenvalue weighted by atomic mass is 19.4. The van der Waals surface area contributed by atoms with Crippen molar-refractivity contribution in [2.45, 2.75) is 69.9 Å². The summed E-state index contributed by atoms with van der Waals surface area (Å²) in [7, 11) is 0. The van der Waals surface area contributed by atoms with Gasteiger partial charge >= 0.3 is 12.1 Å². The van der Waals surface area contributed by atoms with Crippen molar-refractivity contribution in [2.24, 2.45) is 17.3 Å². The van der Waals surface area contributed by atoms with Crippen LogP contribution < -0.4 is 10.1 Å². The number of hydrogen-bond donors (Lipinski definition) is 2. The third-order valence-electron chi connectivity index (χ3n) is 9.61. The minimum atomic E-state index is -4.50. The van der Waals surface area contributed by atoms with Gasteiger partial charge in [-0.3, -0.25) is 9.59 Å². The highest BCUT2D eigenvalue weighted by molar-refractivity contribution is 6.05. The van der Waals surface area contributed by atoms with Crippen LogP contribution in [0.3, 0.4) is 0 Å². The van der Waals surface area contributed by atoms with E-state index in [-0.39, 0.29) is 42.1 Å². The first-order valence-corrected chi connectivity index (χ1v) is 14.9. The largest absolute Gasteiger partial charge is 0.487 e. The Morgan fingerprint density at radius 3 is 2.31 bits per heavy atom. The van der Waals surface area contributed by atoms with E-state index in [0.717, 1.165) is 31.4 Å². The van der Waals surface area contributed by atoms with E-state index in [0.29, 0.717) is 35.6 Å². The molecule has 4 fully saturated rings. The van der Waals surface area contributed by atoms with Gasteiger partial charge in [0, 0.05) is 10.8 Å². The summed E-state index contributed by atoms with van der Waals surface area (Å²) in [6.07, 6.45) is -0.409. The Hall–Kier alpha value is -3.99. The fourth-order valence-electron chi connectivity index (χ4n) is 8.25. The maximum Gasteiger partial charge on any atom is 0.416 e. The minimum absolute atomic E-state index is 0.0135. The summed E-state index contributed by atoms with van der Waals surface area (Å²) < 4.78 is 65.4. The van der Waals surface area contributed by atoms with Crippen molar-refractivity contribution in [3.63, 3.8) is 0 Å². The van der Waals surface area contributed by atoms with Crippen LogP contribution in [-0.4, -0.2) is 41.0 Å². The maximum atomic E-state index is 14.1. The number of fused-ring (bicyclic) bond motifs is 1. The highest BCUT2D eigenvalue weighted by Crippen LogP contribution is 2.64. The Morgan fingerprint density at radius 1 is 1.00 bits per heavy atom. The SMILES string of the molecule is CC(=O)COC12CC3CC(C1)CC(C(NC(=O)c1ccc4cc(F)ccc4c1OCc1ccc(C(F)(F)F)cc1)C(=O)O)(C3)C2. The number of hydrogen-bond acceptors (Lipinski definition) is 5. The number of nitrogens with one attached hydrogen (secondary N) is 1. The molecule has 2 N–H and O–H groups in total. The second kappa shape index (κ2) is 11.4. The van der Waals surface area contributed by atoms with Crippen LogP contribution >= 0.6 is 0 Å². The second-order valence-electron chi connectivity index (χ2n) is 13.0. The molecule has 4 aliphatic rings. The van der Waals surface area contributed by atoms with Gasteiger partial charge in [0.1, 0.15) is 30.8 Å². The van der Waals surface area contributed by atoms with Gasteiger partial charge in [-0.05, 0) is 105 Å². The van der Waals surface area contributed by atoms with Crippen molar-refractivity contribution in [2.75, 3.05) is 6.61 Å². The van der Waals surface area contributed by atoms with Gasteiger partial charge in [-0.25, -0.2) is 9.18 Å².